The van der Waals surface area contributed by atoms with Crippen molar-refractivity contribution in [2.45, 2.75) is 13.8 Å². The Bertz CT molecular complexity index is 220. The van der Waals surface area contributed by atoms with Crippen LogP contribution in [-0.4, -0.2) is 19.4 Å². The molecular formula is C9H10O3. The van der Waals surface area contributed by atoms with Gasteiger partial charge in [0, 0.05) is 0 Å². The molecule has 0 spiro atoms. The van der Waals surface area contributed by atoms with Gasteiger partial charge in [0.2, 0.25) is 0 Å². The second-order valence-electron chi connectivity index (χ2n) is 1.68. The molecule has 0 aliphatic carbocycles. The molecule has 0 saturated carbocycles. The highest BCUT2D eigenvalue weighted by Crippen LogP contribution is 1.83. The van der Waals surface area contributed by atoms with E-state index in [9.17, 15) is 4.79 Å². The number of carbonyl (C=O) groups excluding carboxylic acids is 1. The van der Waals surface area contributed by atoms with E-state index < -0.39 is 6.16 Å². The third-order valence-corrected chi connectivity index (χ3v) is 0.878. The topological polar surface area (TPSA) is 35.5 Å². The van der Waals surface area contributed by atoms with E-state index in [-0.39, 0.29) is 13.2 Å². The number of carbonyl (C=O) groups is 1. The van der Waals surface area contributed by atoms with Gasteiger partial charge in [-0.1, -0.05) is 11.8 Å². The summed E-state index contributed by atoms with van der Waals surface area (Å²) in [6.07, 6.45) is -0.736. The van der Waals surface area contributed by atoms with E-state index in [2.05, 4.69) is 33.2 Å². The average molecular weight is 166 g/mol. The van der Waals surface area contributed by atoms with E-state index in [4.69, 9.17) is 0 Å². The van der Waals surface area contributed by atoms with Gasteiger partial charge in [-0.3, -0.25) is 0 Å². The molecule has 0 fully saturated rings. The van der Waals surface area contributed by atoms with Crippen molar-refractivity contribution >= 4 is 6.16 Å². The fourth-order valence-electron chi connectivity index (χ4n) is 0.376. The summed E-state index contributed by atoms with van der Waals surface area (Å²) in [7, 11) is 0. The van der Waals surface area contributed by atoms with Gasteiger partial charge in [0.15, 0.2) is 13.2 Å². The van der Waals surface area contributed by atoms with E-state index >= 15 is 0 Å². The molecule has 0 aromatic rings. The largest absolute Gasteiger partial charge is 0.510 e. The third kappa shape index (κ3) is 6.51. The molecule has 0 saturated heterocycles. The Morgan fingerprint density at radius 2 is 1.50 bits per heavy atom. The molecule has 0 heterocycles. The zero-order valence-electron chi connectivity index (χ0n) is 7.14. The Labute approximate surface area is 72.0 Å². The molecule has 64 valence electrons. The normalized spacial score (nSPS) is 6.83. The van der Waals surface area contributed by atoms with Crippen molar-refractivity contribution in [1.29, 1.82) is 0 Å². The molecule has 0 atom stereocenters. The quantitative estimate of drug-likeness (QED) is 0.456. The summed E-state index contributed by atoms with van der Waals surface area (Å²) in [5, 5.41) is 0. The smallest absolute Gasteiger partial charge is 0.421 e. The maximum absolute atomic E-state index is 10.6. The Kier molecular flexibility index (Phi) is 6.49. The zero-order chi connectivity index (χ0) is 9.23. The van der Waals surface area contributed by atoms with Crippen LogP contribution in [0.1, 0.15) is 13.8 Å². The fraction of sp³-hybridized carbons (Fsp3) is 0.444. The van der Waals surface area contributed by atoms with Gasteiger partial charge in [-0.25, -0.2) is 4.79 Å². The monoisotopic (exact) mass is 166 g/mol. The number of rotatable bonds is 2. The second-order valence-corrected chi connectivity index (χ2v) is 1.68. The Morgan fingerprint density at radius 3 is 1.83 bits per heavy atom. The van der Waals surface area contributed by atoms with Gasteiger partial charge in [0.1, 0.15) is 0 Å². The number of ether oxygens (including phenoxy) is 2. The zero-order valence-corrected chi connectivity index (χ0v) is 7.14. The first-order valence-electron chi connectivity index (χ1n) is 3.40. The molecule has 12 heavy (non-hydrogen) atoms. The fourth-order valence-corrected chi connectivity index (χ4v) is 0.376. The van der Waals surface area contributed by atoms with E-state index in [1.54, 1.807) is 13.8 Å². The molecule has 0 N–H and O–H groups in total. The molecule has 0 unspecified atom stereocenters. The first-order valence-corrected chi connectivity index (χ1v) is 3.40. The highest BCUT2D eigenvalue weighted by atomic mass is 16.7. The van der Waals surface area contributed by atoms with Crippen LogP contribution in [0.4, 0.5) is 4.79 Å². The summed E-state index contributed by atoms with van der Waals surface area (Å²) >= 11 is 0. The van der Waals surface area contributed by atoms with E-state index in [1.165, 1.54) is 0 Å². The maximum Gasteiger partial charge on any atom is 0.510 e. The molecule has 0 rings (SSSR count). The minimum atomic E-state index is -0.736. The SMILES string of the molecule is CC#CCOC(=O)OCC#CC. The van der Waals surface area contributed by atoms with Crippen molar-refractivity contribution in [3.63, 3.8) is 0 Å². The van der Waals surface area contributed by atoms with Gasteiger partial charge < -0.3 is 9.47 Å². The van der Waals surface area contributed by atoms with Gasteiger partial charge >= 0.3 is 6.16 Å². The second kappa shape index (κ2) is 7.50. The lowest BCUT2D eigenvalue weighted by Crippen LogP contribution is -2.07. The van der Waals surface area contributed by atoms with Crippen molar-refractivity contribution < 1.29 is 14.3 Å². The van der Waals surface area contributed by atoms with Crippen molar-refractivity contribution in [1.82, 2.24) is 0 Å². The van der Waals surface area contributed by atoms with Crippen LogP contribution < -0.4 is 0 Å². The number of hydrogen-bond acceptors (Lipinski definition) is 3. The molecule has 3 nitrogen and oxygen atoms in total. The Morgan fingerprint density at radius 1 is 1.08 bits per heavy atom. The lowest BCUT2D eigenvalue weighted by atomic mass is 10.6. The standard InChI is InChI=1S/C9H10O3/c1-3-5-7-11-9(10)12-8-6-4-2/h7-8H2,1-2H3. The molecule has 0 bridgehead atoms. The van der Waals surface area contributed by atoms with Gasteiger partial charge in [0.05, 0.1) is 0 Å². The summed E-state index contributed by atoms with van der Waals surface area (Å²) in [5.74, 6) is 10.3. The molecule has 0 aromatic carbocycles. The maximum atomic E-state index is 10.6. The van der Waals surface area contributed by atoms with Gasteiger partial charge in [-0.2, -0.15) is 0 Å². The molecule has 0 amide bonds. The average Bonchev–Trinajstić information content (AvgIpc) is 2.06. The molecule has 0 aromatic heterocycles. The lowest BCUT2D eigenvalue weighted by molar-refractivity contribution is 0.0745. The van der Waals surface area contributed by atoms with E-state index in [0.717, 1.165) is 0 Å². The summed E-state index contributed by atoms with van der Waals surface area (Å²) < 4.78 is 9.05. The van der Waals surface area contributed by atoms with E-state index in [0.29, 0.717) is 0 Å². The summed E-state index contributed by atoms with van der Waals surface area (Å²) in [6.45, 7) is 3.46. The van der Waals surface area contributed by atoms with Crippen molar-refractivity contribution in [3.8, 4) is 23.7 Å². The van der Waals surface area contributed by atoms with Crippen LogP contribution in [0, 0.1) is 23.7 Å². The minimum absolute atomic E-state index is 0.0644. The van der Waals surface area contributed by atoms with Crippen molar-refractivity contribution in [3.05, 3.63) is 0 Å². The first-order chi connectivity index (χ1) is 5.81. The van der Waals surface area contributed by atoms with Crippen LogP contribution in [-0.2, 0) is 9.47 Å². The van der Waals surface area contributed by atoms with Crippen LogP contribution >= 0.6 is 0 Å². The van der Waals surface area contributed by atoms with Gasteiger partial charge in [0.25, 0.3) is 0 Å². The highest BCUT2D eigenvalue weighted by Gasteiger charge is 1.98. The third-order valence-electron chi connectivity index (χ3n) is 0.878. The molecule has 0 aliphatic rings. The van der Waals surface area contributed by atoms with Crippen LogP contribution in [0.2, 0.25) is 0 Å². The van der Waals surface area contributed by atoms with Gasteiger partial charge in [-0.15, -0.1) is 11.8 Å². The van der Waals surface area contributed by atoms with E-state index in [1.807, 2.05) is 0 Å². The number of hydrogen-bond donors (Lipinski definition) is 0. The summed E-state index contributed by atoms with van der Waals surface area (Å²) in [4.78, 5) is 10.6. The Hall–Kier alpha value is -1.61. The molecule has 0 aliphatic heterocycles. The first kappa shape index (κ1) is 10.4. The summed E-state index contributed by atoms with van der Waals surface area (Å²) in [6, 6.07) is 0. The van der Waals surface area contributed by atoms with Crippen LogP contribution in [0.15, 0.2) is 0 Å². The molecular weight excluding hydrogens is 156 g/mol. The van der Waals surface area contributed by atoms with Crippen molar-refractivity contribution in [2.75, 3.05) is 13.2 Å². The van der Waals surface area contributed by atoms with Gasteiger partial charge in [-0.05, 0) is 13.8 Å². The molecule has 0 radical (unpaired) electrons. The lowest BCUT2D eigenvalue weighted by Gasteiger charge is -1.98. The predicted molar refractivity (Wildman–Crippen MR) is 44.2 cm³/mol. The Balaban J connectivity index is 3.42. The highest BCUT2D eigenvalue weighted by molar-refractivity contribution is 5.60. The predicted octanol–water partition coefficient (Wildman–Crippen LogP) is 1.19. The van der Waals surface area contributed by atoms with Crippen LogP contribution in [0.3, 0.4) is 0 Å². The molecule has 3 heteroatoms. The van der Waals surface area contributed by atoms with Crippen LogP contribution in [0.5, 0.6) is 0 Å². The minimum Gasteiger partial charge on any atom is -0.421 e. The summed E-state index contributed by atoms with van der Waals surface area (Å²) in [5.41, 5.74) is 0. The van der Waals surface area contributed by atoms with Crippen molar-refractivity contribution in [2.24, 2.45) is 0 Å². The van der Waals surface area contributed by atoms with Crippen LogP contribution in [0.25, 0.3) is 0 Å².